The van der Waals surface area contributed by atoms with Gasteiger partial charge in [-0.1, -0.05) is 12.1 Å². The Balaban J connectivity index is 1.45. The zero-order valence-electron chi connectivity index (χ0n) is 13.8. The summed E-state index contributed by atoms with van der Waals surface area (Å²) in [5.74, 6) is 1.04. The van der Waals surface area contributed by atoms with Crippen molar-refractivity contribution in [2.45, 2.75) is 11.3 Å². The number of pyridine rings is 1. The van der Waals surface area contributed by atoms with Gasteiger partial charge in [0.25, 0.3) is 0 Å². The van der Waals surface area contributed by atoms with E-state index in [2.05, 4.69) is 15.2 Å². The Morgan fingerprint density at radius 3 is 2.76 bits per heavy atom. The standard InChI is InChI=1S/C18H20FN3O2S/c19-15-3-1-2-4-16(15)25-12-7-18(23)21-14-5-6-17(20-13-14)22-8-10-24-11-9-22/h1-6,13H,7-12H2,(H,21,23). The Kier molecular flexibility index (Phi) is 6.25. The van der Waals surface area contributed by atoms with E-state index in [1.165, 1.54) is 17.8 Å². The van der Waals surface area contributed by atoms with E-state index in [0.717, 1.165) is 18.9 Å². The average molecular weight is 361 g/mol. The van der Waals surface area contributed by atoms with E-state index < -0.39 is 0 Å². The maximum Gasteiger partial charge on any atom is 0.225 e. The molecule has 0 atom stereocenters. The second kappa shape index (κ2) is 8.82. The quantitative estimate of drug-likeness (QED) is 0.801. The zero-order chi connectivity index (χ0) is 17.5. The van der Waals surface area contributed by atoms with Crippen molar-refractivity contribution in [3.05, 3.63) is 48.4 Å². The van der Waals surface area contributed by atoms with Crippen molar-refractivity contribution in [2.24, 2.45) is 0 Å². The number of nitrogens with zero attached hydrogens (tertiary/aromatic N) is 2. The van der Waals surface area contributed by atoms with Gasteiger partial charge in [-0.3, -0.25) is 4.79 Å². The van der Waals surface area contributed by atoms with Crippen molar-refractivity contribution < 1.29 is 13.9 Å². The van der Waals surface area contributed by atoms with Gasteiger partial charge in [-0.05, 0) is 24.3 Å². The van der Waals surface area contributed by atoms with Crippen LogP contribution < -0.4 is 10.2 Å². The lowest BCUT2D eigenvalue weighted by molar-refractivity contribution is -0.115. The molecule has 0 spiro atoms. The second-order valence-electron chi connectivity index (χ2n) is 5.58. The van der Waals surface area contributed by atoms with Gasteiger partial charge in [-0.15, -0.1) is 11.8 Å². The molecule has 1 aliphatic rings. The first-order valence-corrected chi connectivity index (χ1v) is 9.17. The molecule has 1 aromatic heterocycles. The summed E-state index contributed by atoms with van der Waals surface area (Å²) in [5, 5.41) is 2.82. The first kappa shape index (κ1) is 17.7. The van der Waals surface area contributed by atoms with Crippen LogP contribution in [0.15, 0.2) is 47.5 Å². The van der Waals surface area contributed by atoms with E-state index in [0.29, 0.717) is 36.0 Å². The molecule has 1 fully saturated rings. The van der Waals surface area contributed by atoms with Crippen LogP contribution in [0.3, 0.4) is 0 Å². The second-order valence-corrected chi connectivity index (χ2v) is 6.72. The van der Waals surface area contributed by atoms with Gasteiger partial charge >= 0.3 is 0 Å². The summed E-state index contributed by atoms with van der Waals surface area (Å²) in [7, 11) is 0. The fraction of sp³-hybridized carbons (Fsp3) is 0.333. The number of benzene rings is 1. The number of carbonyl (C=O) groups excluding carboxylic acids is 1. The van der Waals surface area contributed by atoms with E-state index in [9.17, 15) is 9.18 Å². The third-order valence-electron chi connectivity index (χ3n) is 3.79. The molecule has 0 radical (unpaired) electrons. The smallest absolute Gasteiger partial charge is 0.225 e. The molecule has 7 heteroatoms. The van der Waals surface area contributed by atoms with Crippen LogP contribution in [-0.2, 0) is 9.53 Å². The molecule has 1 amide bonds. The summed E-state index contributed by atoms with van der Waals surface area (Å²) in [5.41, 5.74) is 0.665. The highest BCUT2D eigenvalue weighted by Gasteiger charge is 2.12. The lowest BCUT2D eigenvalue weighted by Crippen LogP contribution is -2.36. The fourth-order valence-electron chi connectivity index (χ4n) is 2.48. The average Bonchev–Trinajstić information content (AvgIpc) is 2.65. The van der Waals surface area contributed by atoms with Crippen LogP contribution >= 0.6 is 11.8 Å². The minimum Gasteiger partial charge on any atom is -0.378 e. The lowest BCUT2D eigenvalue weighted by atomic mass is 10.3. The molecule has 0 bridgehead atoms. The van der Waals surface area contributed by atoms with Crippen molar-refractivity contribution >= 4 is 29.2 Å². The number of anilines is 2. The van der Waals surface area contributed by atoms with Crippen LogP contribution in [0.25, 0.3) is 0 Å². The first-order valence-electron chi connectivity index (χ1n) is 8.18. The Morgan fingerprint density at radius 1 is 1.24 bits per heavy atom. The molecule has 1 saturated heterocycles. The lowest BCUT2D eigenvalue weighted by Gasteiger charge is -2.27. The van der Waals surface area contributed by atoms with Gasteiger partial charge < -0.3 is 15.0 Å². The third kappa shape index (κ3) is 5.17. The first-order chi connectivity index (χ1) is 12.2. The van der Waals surface area contributed by atoms with E-state index in [1.54, 1.807) is 24.4 Å². The van der Waals surface area contributed by atoms with Crippen molar-refractivity contribution in [1.29, 1.82) is 0 Å². The molecule has 2 heterocycles. The normalized spacial score (nSPS) is 14.4. The highest BCUT2D eigenvalue weighted by Crippen LogP contribution is 2.22. The maximum atomic E-state index is 13.5. The largest absolute Gasteiger partial charge is 0.378 e. The number of hydrogen-bond acceptors (Lipinski definition) is 5. The predicted octanol–water partition coefficient (Wildman–Crippen LogP) is 3.18. The van der Waals surface area contributed by atoms with Gasteiger partial charge in [0.1, 0.15) is 11.6 Å². The van der Waals surface area contributed by atoms with Gasteiger partial charge in [-0.2, -0.15) is 0 Å². The number of rotatable bonds is 6. The van der Waals surface area contributed by atoms with Crippen LogP contribution in [0.4, 0.5) is 15.9 Å². The predicted molar refractivity (Wildman–Crippen MR) is 97.6 cm³/mol. The summed E-state index contributed by atoms with van der Waals surface area (Å²) >= 11 is 1.34. The highest BCUT2D eigenvalue weighted by atomic mass is 32.2. The number of hydrogen-bond donors (Lipinski definition) is 1. The molecule has 3 rings (SSSR count). The highest BCUT2D eigenvalue weighted by molar-refractivity contribution is 7.99. The van der Waals surface area contributed by atoms with Gasteiger partial charge in [0.15, 0.2) is 0 Å². The fourth-order valence-corrected chi connectivity index (χ4v) is 3.37. The molecule has 2 aromatic rings. The maximum absolute atomic E-state index is 13.5. The molecule has 1 N–H and O–H groups in total. The molecule has 0 aliphatic carbocycles. The van der Waals surface area contributed by atoms with E-state index in [-0.39, 0.29) is 11.7 Å². The number of nitrogens with one attached hydrogen (secondary N) is 1. The molecule has 1 aliphatic heterocycles. The van der Waals surface area contributed by atoms with Crippen LogP contribution in [-0.4, -0.2) is 42.9 Å². The van der Waals surface area contributed by atoms with Crippen molar-refractivity contribution in [1.82, 2.24) is 4.98 Å². The number of amides is 1. The molecule has 0 unspecified atom stereocenters. The van der Waals surface area contributed by atoms with Crippen molar-refractivity contribution in [2.75, 3.05) is 42.3 Å². The number of carbonyl (C=O) groups is 1. The monoisotopic (exact) mass is 361 g/mol. The number of aromatic nitrogens is 1. The zero-order valence-corrected chi connectivity index (χ0v) is 14.6. The number of ether oxygens (including phenoxy) is 1. The SMILES string of the molecule is O=C(CCSc1ccccc1F)Nc1ccc(N2CCOCC2)nc1. The van der Waals surface area contributed by atoms with Crippen LogP contribution in [0.5, 0.6) is 0 Å². The Labute approximate surface area is 150 Å². The summed E-state index contributed by atoms with van der Waals surface area (Å²) in [6, 6.07) is 10.3. The van der Waals surface area contributed by atoms with Gasteiger partial charge in [0.2, 0.25) is 5.91 Å². The number of morpholine rings is 1. The molecular formula is C18H20FN3O2S. The molecule has 132 valence electrons. The summed E-state index contributed by atoms with van der Waals surface area (Å²) in [6.45, 7) is 3.07. The molecule has 25 heavy (non-hydrogen) atoms. The summed E-state index contributed by atoms with van der Waals surface area (Å²) < 4.78 is 18.8. The van der Waals surface area contributed by atoms with Gasteiger partial charge in [0.05, 0.1) is 25.1 Å². The third-order valence-corrected chi connectivity index (χ3v) is 4.84. The molecule has 5 nitrogen and oxygen atoms in total. The number of thioether (sulfide) groups is 1. The van der Waals surface area contributed by atoms with Crippen LogP contribution in [0, 0.1) is 5.82 Å². The summed E-state index contributed by atoms with van der Waals surface area (Å²) in [4.78, 5) is 19.1. The van der Waals surface area contributed by atoms with Gasteiger partial charge in [0, 0.05) is 30.2 Å². The van der Waals surface area contributed by atoms with Crippen molar-refractivity contribution in [3.8, 4) is 0 Å². The number of halogens is 1. The Bertz CT molecular complexity index is 706. The Hall–Kier alpha value is -2.12. The Morgan fingerprint density at radius 2 is 2.04 bits per heavy atom. The van der Waals surface area contributed by atoms with E-state index in [4.69, 9.17) is 4.74 Å². The molecular weight excluding hydrogens is 341 g/mol. The van der Waals surface area contributed by atoms with E-state index >= 15 is 0 Å². The van der Waals surface area contributed by atoms with E-state index in [1.807, 2.05) is 12.1 Å². The molecule has 1 aromatic carbocycles. The summed E-state index contributed by atoms with van der Waals surface area (Å²) in [6.07, 6.45) is 1.97. The minimum atomic E-state index is -0.254. The molecule has 0 saturated carbocycles. The van der Waals surface area contributed by atoms with Crippen LogP contribution in [0.1, 0.15) is 6.42 Å². The van der Waals surface area contributed by atoms with Gasteiger partial charge in [-0.25, -0.2) is 9.37 Å². The van der Waals surface area contributed by atoms with Crippen LogP contribution in [0.2, 0.25) is 0 Å². The van der Waals surface area contributed by atoms with Crippen molar-refractivity contribution in [3.63, 3.8) is 0 Å². The topological polar surface area (TPSA) is 54.5 Å². The minimum absolute atomic E-state index is 0.107.